The molecule has 1 saturated heterocycles. The highest BCUT2D eigenvalue weighted by Gasteiger charge is 2.10. The van der Waals surface area contributed by atoms with Crippen LogP contribution in [0.25, 0.3) is 6.08 Å². The highest BCUT2D eigenvalue weighted by Crippen LogP contribution is 2.23. The topological polar surface area (TPSA) is 15.3 Å². The van der Waals surface area contributed by atoms with E-state index in [1.165, 1.54) is 37.9 Å². The highest BCUT2D eigenvalue weighted by atomic mass is 15.2. The van der Waals surface area contributed by atoms with Crippen LogP contribution in [0.5, 0.6) is 0 Å². The van der Waals surface area contributed by atoms with Crippen LogP contribution in [0.1, 0.15) is 23.1 Å². The average molecular weight is 242 g/mol. The summed E-state index contributed by atoms with van der Waals surface area (Å²) < 4.78 is 0. The van der Waals surface area contributed by atoms with Crippen molar-refractivity contribution < 1.29 is 0 Å². The van der Waals surface area contributed by atoms with Gasteiger partial charge in [0, 0.05) is 32.7 Å². The van der Waals surface area contributed by atoms with Crippen LogP contribution in [0.3, 0.4) is 0 Å². The number of hydrogen-bond acceptors (Lipinski definition) is 2. The van der Waals surface area contributed by atoms with Crippen molar-refractivity contribution in [2.75, 3.05) is 32.7 Å². The van der Waals surface area contributed by atoms with E-state index in [0.29, 0.717) is 0 Å². The van der Waals surface area contributed by atoms with Gasteiger partial charge >= 0.3 is 0 Å². The summed E-state index contributed by atoms with van der Waals surface area (Å²) >= 11 is 0. The van der Waals surface area contributed by atoms with Gasteiger partial charge in [-0.2, -0.15) is 0 Å². The summed E-state index contributed by atoms with van der Waals surface area (Å²) in [5.74, 6) is 0. The predicted octanol–water partition coefficient (Wildman–Crippen LogP) is 2.09. The number of fused-ring (bicyclic) bond motifs is 1. The number of piperazine rings is 1. The van der Waals surface area contributed by atoms with Gasteiger partial charge in [-0.25, -0.2) is 0 Å². The van der Waals surface area contributed by atoms with E-state index in [4.69, 9.17) is 0 Å². The first-order valence-corrected chi connectivity index (χ1v) is 7.13. The van der Waals surface area contributed by atoms with Gasteiger partial charge in [0.1, 0.15) is 0 Å². The Balaban J connectivity index is 1.58. The maximum atomic E-state index is 3.39. The van der Waals surface area contributed by atoms with Gasteiger partial charge in [0.15, 0.2) is 0 Å². The van der Waals surface area contributed by atoms with Gasteiger partial charge in [0.2, 0.25) is 0 Å². The van der Waals surface area contributed by atoms with Crippen LogP contribution in [0.4, 0.5) is 0 Å². The standard InChI is InChI=1S/C16H22N2/c1-4-15-7-6-14(13-16(15)5-1)3-2-10-18-11-8-17-9-12-18/h2-3,6-7,13,17H,1,4-5,8-12H2/b3-2+. The van der Waals surface area contributed by atoms with Crippen molar-refractivity contribution in [2.24, 2.45) is 0 Å². The summed E-state index contributed by atoms with van der Waals surface area (Å²) in [7, 11) is 0. The molecule has 1 heterocycles. The van der Waals surface area contributed by atoms with Crippen LogP contribution < -0.4 is 5.32 Å². The molecule has 0 amide bonds. The maximum Gasteiger partial charge on any atom is 0.0167 e. The second-order valence-corrected chi connectivity index (χ2v) is 5.33. The summed E-state index contributed by atoms with van der Waals surface area (Å²) in [4.78, 5) is 2.50. The van der Waals surface area contributed by atoms with Crippen LogP contribution in [0.15, 0.2) is 24.3 Å². The van der Waals surface area contributed by atoms with Crippen LogP contribution in [0.2, 0.25) is 0 Å². The zero-order valence-corrected chi connectivity index (χ0v) is 11.0. The molecule has 2 nitrogen and oxygen atoms in total. The van der Waals surface area contributed by atoms with E-state index in [2.05, 4.69) is 40.6 Å². The van der Waals surface area contributed by atoms with Gasteiger partial charge in [0.05, 0.1) is 0 Å². The summed E-state index contributed by atoms with van der Waals surface area (Å²) in [6, 6.07) is 6.95. The number of rotatable bonds is 3. The van der Waals surface area contributed by atoms with E-state index < -0.39 is 0 Å². The van der Waals surface area contributed by atoms with E-state index in [-0.39, 0.29) is 0 Å². The lowest BCUT2D eigenvalue weighted by Gasteiger charge is -2.25. The monoisotopic (exact) mass is 242 g/mol. The van der Waals surface area contributed by atoms with E-state index >= 15 is 0 Å². The smallest absolute Gasteiger partial charge is 0.0167 e. The summed E-state index contributed by atoms with van der Waals surface area (Å²) in [5.41, 5.74) is 4.50. The molecule has 0 aromatic heterocycles. The molecule has 1 N–H and O–H groups in total. The lowest BCUT2D eigenvalue weighted by atomic mass is 10.1. The number of hydrogen-bond donors (Lipinski definition) is 1. The van der Waals surface area contributed by atoms with E-state index in [1.54, 1.807) is 11.1 Å². The van der Waals surface area contributed by atoms with Crippen molar-refractivity contribution in [3.63, 3.8) is 0 Å². The van der Waals surface area contributed by atoms with E-state index in [1.807, 2.05) is 0 Å². The normalized spacial score (nSPS) is 20.4. The van der Waals surface area contributed by atoms with Crippen LogP contribution in [-0.4, -0.2) is 37.6 Å². The van der Waals surface area contributed by atoms with Gasteiger partial charge < -0.3 is 5.32 Å². The lowest BCUT2D eigenvalue weighted by molar-refractivity contribution is 0.265. The molecular formula is C16H22N2. The Morgan fingerprint density at radius 1 is 1.11 bits per heavy atom. The van der Waals surface area contributed by atoms with Gasteiger partial charge in [-0.05, 0) is 36.0 Å². The summed E-state index contributed by atoms with van der Waals surface area (Å²) in [5, 5.41) is 3.39. The molecule has 1 aliphatic carbocycles. The van der Waals surface area contributed by atoms with Gasteiger partial charge in [-0.15, -0.1) is 0 Å². The molecule has 0 atom stereocenters. The fourth-order valence-electron chi connectivity index (χ4n) is 2.93. The molecule has 0 spiro atoms. The molecule has 18 heavy (non-hydrogen) atoms. The summed E-state index contributed by atoms with van der Waals surface area (Å²) in [6.07, 6.45) is 8.47. The Labute approximate surface area is 110 Å². The van der Waals surface area contributed by atoms with E-state index in [0.717, 1.165) is 19.6 Å². The Morgan fingerprint density at radius 2 is 1.94 bits per heavy atom. The second-order valence-electron chi connectivity index (χ2n) is 5.33. The van der Waals surface area contributed by atoms with Gasteiger partial charge in [-0.1, -0.05) is 30.4 Å². The molecule has 3 rings (SSSR count). The quantitative estimate of drug-likeness (QED) is 0.873. The Bertz CT molecular complexity index is 431. The summed E-state index contributed by atoms with van der Waals surface area (Å²) in [6.45, 7) is 5.70. The molecule has 0 radical (unpaired) electrons. The highest BCUT2D eigenvalue weighted by molar-refractivity contribution is 5.52. The minimum atomic E-state index is 1.08. The molecule has 2 heteroatoms. The Hall–Kier alpha value is -1.12. The van der Waals surface area contributed by atoms with Crippen molar-refractivity contribution >= 4 is 6.08 Å². The fraction of sp³-hybridized carbons (Fsp3) is 0.500. The third kappa shape index (κ3) is 2.82. The molecule has 0 bridgehead atoms. The predicted molar refractivity (Wildman–Crippen MR) is 76.8 cm³/mol. The fourth-order valence-corrected chi connectivity index (χ4v) is 2.93. The van der Waals surface area contributed by atoms with Crippen molar-refractivity contribution in [1.82, 2.24) is 10.2 Å². The molecule has 1 aliphatic heterocycles. The largest absolute Gasteiger partial charge is 0.314 e. The van der Waals surface area contributed by atoms with Crippen LogP contribution in [0, 0.1) is 0 Å². The van der Waals surface area contributed by atoms with Crippen LogP contribution in [-0.2, 0) is 12.8 Å². The number of nitrogens with one attached hydrogen (secondary N) is 1. The molecule has 1 fully saturated rings. The third-order valence-corrected chi connectivity index (χ3v) is 4.01. The molecule has 0 saturated carbocycles. The maximum absolute atomic E-state index is 3.39. The first-order chi connectivity index (χ1) is 8.92. The first kappa shape index (κ1) is 11.9. The minimum Gasteiger partial charge on any atom is -0.314 e. The number of benzene rings is 1. The molecule has 1 aromatic carbocycles. The average Bonchev–Trinajstić information content (AvgIpc) is 2.87. The molecule has 2 aliphatic rings. The lowest BCUT2D eigenvalue weighted by Crippen LogP contribution is -2.43. The minimum absolute atomic E-state index is 1.08. The molecular weight excluding hydrogens is 220 g/mol. The second kappa shape index (κ2) is 5.68. The number of nitrogens with zero attached hydrogens (tertiary/aromatic N) is 1. The van der Waals surface area contributed by atoms with Gasteiger partial charge in [0.25, 0.3) is 0 Å². The third-order valence-electron chi connectivity index (χ3n) is 4.01. The zero-order chi connectivity index (χ0) is 12.2. The van der Waals surface area contributed by atoms with E-state index in [9.17, 15) is 0 Å². The SMILES string of the molecule is C(=C\c1ccc2c(c1)CCC2)/CN1CCNCC1. The Kier molecular flexibility index (Phi) is 3.77. The van der Waals surface area contributed by atoms with Crippen LogP contribution >= 0.6 is 0 Å². The first-order valence-electron chi connectivity index (χ1n) is 7.13. The molecule has 96 valence electrons. The molecule has 1 aromatic rings. The zero-order valence-electron chi connectivity index (χ0n) is 11.0. The van der Waals surface area contributed by atoms with Gasteiger partial charge in [-0.3, -0.25) is 4.90 Å². The molecule has 0 unspecified atom stereocenters. The Morgan fingerprint density at radius 3 is 2.83 bits per heavy atom. The van der Waals surface area contributed by atoms with Crippen molar-refractivity contribution in [3.8, 4) is 0 Å². The number of aryl methyl sites for hydroxylation is 2. The van der Waals surface area contributed by atoms with Crippen molar-refractivity contribution in [2.45, 2.75) is 19.3 Å². The van der Waals surface area contributed by atoms with Crippen molar-refractivity contribution in [1.29, 1.82) is 0 Å². The van der Waals surface area contributed by atoms with Crippen molar-refractivity contribution in [3.05, 3.63) is 41.0 Å².